The van der Waals surface area contributed by atoms with Gasteiger partial charge in [0.1, 0.15) is 6.10 Å². The summed E-state index contributed by atoms with van der Waals surface area (Å²) < 4.78 is 6.41. The van der Waals surface area contributed by atoms with E-state index in [2.05, 4.69) is 6.92 Å². The zero-order valence-electron chi connectivity index (χ0n) is 8.50. The first-order valence-electron chi connectivity index (χ1n) is 4.81. The van der Waals surface area contributed by atoms with Crippen LogP contribution in [0.1, 0.15) is 31.2 Å². The Bertz CT molecular complexity index is 277. The molecule has 0 aliphatic carbocycles. The maximum absolute atomic E-state index is 5.98. The second-order valence-corrected chi connectivity index (χ2v) is 4.84. The van der Waals surface area contributed by atoms with E-state index in [0.717, 1.165) is 15.6 Å². The molecule has 2 unspecified atom stereocenters. The van der Waals surface area contributed by atoms with E-state index >= 15 is 0 Å². The van der Waals surface area contributed by atoms with Crippen molar-refractivity contribution in [3.05, 3.63) is 21.3 Å². The van der Waals surface area contributed by atoms with E-state index < -0.39 is 0 Å². The monoisotopic (exact) mass is 233 g/mol. The molecule has 0 saturated heterocycles. The Hall–Kier alpha value is -0.0900. The molecular weight excluding hydrogens is 218 g/mol. The van der Waals surface area contributed by atoms with Crippen molar-refractivity contribution in [3.8, 4) is 0 Å². The number of nitrogens with two attached hydrogens (primary N) is 1. The van der Waals surface area contributed by atoms with Gasteiger partial charge in [-0.1, -0.05) is 18.5 Å². The molecule has 1 heterocycles. The highest BCUT2D eigenvalue weighted by Crippen LogP contribution is 2.31. The fourth-order valence-corrected chi connectivity index (χ4v) is 2.48. The number of ether oxygens (including phenoxy) is 1. The van der Waals surface area contributed by atoms with Crippen molar-refractivity contribution >= 4 is 22.9 Å². The number of thiophene rings is 1. The van der Waals surface area contributed by atoms with E-state index in [9.17, 15) is 0 Å². The topological polar surface area (TPSA) is 35.2 Å². The van der Waals surface area contributed by atoms with Crippen molar-refractivity contribution in [1.82, 2.24) is 0 Å². The number of hydrogen-bond acceptors (Lipinski definition) is 3. The Labute approximate surface area is 94.0 Å². The molecule has 0 bridgehead atoms. The first kappa shape index (κ1) is 12.0. The molecule has 80 valence electrons. The van der Waals surface area contributed by atoms with E-state index in [1.54, 1.807) is 0 Å². The highest BCUT2D eigenvalue weighted by Gasteiger charge is 2.20. The van der Waals surface area contributed by atoms with Crippen LogP contribution in [0, 0.1) is 0 Å². The van der Waals surface area contributed by atoms with Gasteiger partial charge in [0.25, 0.3) is 0 Å². The summed E-state index contributed by atoms with van der Waals surface area (Å²) in [4.78, 5) is 1.12. The molecule has 2 atom stereocenters. The van der Waals surface area contributed by atoms with Crippen molar-refractivity contribution in [3.63, 3.8) is 0 Å². The van der Waals surface area contributed by atoms with Gasteiger partial charge in [0.15, 0.2) is 0 Å². The molecule has 4 heteroatoms. The van der Waals surface area contributed by atoms with Gasteiger partial charge in [-0.2, -0.15) is 0 Å². The Morgan fingerprint density at radius 3 is 2.64 bits per heavy atom. The lowest BCUT2D eigenvalue weighted by Gasteiger charge is -2.21. The molecule has 0 aliphatic heterocycles. The maximum Gasteiger partial charge on any atom is 0.107 e. The quantitative estimate of drug-likeness (QED) is 0.848. The van der Waals surface area contributed by atoms with Crippen LogP contribution in [0.5, 0.6) is 0 Å². The highest BCUT2D eigenvalue weighted by atomic mass is 35.5. The predicted molar refractivity (Wildman–Crippen MR) is 62.0 cm³/mol. The molecule has 0 amide bonds. The van der Waals surface area contributed by atoms with Crippen molar-refractivity contribution < 1.29 is 4.74 Å². The zero-order valence-corrected chi connectivity index (χ0v) is 10.1. The molecule has 14 heavy (non-hydrogen) atoms. The van der Waals surface area contributed by atoms with Gasteiger partial charge in [-0.05, 0) is 25.5 Å². The maximum atomic E-state index is 5.98. The van der Waals surface area contributed by atoms with E-state index in [4.69, 9.17) is 22.1 Å². The molecular formula is C10H16ClNOS. The lowest BCUT2D eigenvalue weighted by atomic mass is 10.1. The largest absolute Gasteiger partial charge is 0.371 e. The molecule has 0 aliphatic rings. The molecule has 0 saturated carbocycles. The summed E-state index contributed by atoms with van der Waals surface area (Å²) in [7, 11) is 0. The minimum atomic E-state index is -0.0116. The number of rotatable bonds is 5. The molecule has 1 rings (SSSR count). The van der Waals surface area contributed by atoms with Crippen LogP contribution in [0.2, 0.25) is 4.34 Å². The van der Waals surface area contributed by atoms with Crippen LogP contribution in [0.15, 0.2) is 12.1 Å². The summed E-state index contributed by atoms with van der Waals surface area (Å²) in [5.41, 5.74) is 5.98. The van der Waals surface area contributed by atoms with Gasteiger partial charge >= 0.3 is 0 Å². The number of halogens is 1. The second-order valence-electron chi connectivity index (χ2n) is 3.09. The summed E-state index contributed by atoms with van der Waals surface area (Å²) in [5.74, 6) is 0. The summed E-state index contributed by atoms with van der Waals surface area (Å²) in [6.07, 6.45) is 0.891. The van der Waals surface area contributed by atoms with E-state index in [0.29, 0.717) is 6.61 Å². The number of hydrogen-bond donors (Lipinski definition) is 1. The van der Waals surface area contributed by atoms with Crippen LogP contribution >= 0.6 is 22.9 Å². The van der Waals surface area contributed by atoms with Gasteiger partial charge in [0.2, 0.25) is 0 Å². The van der Waals surface area contributed by atoms with Crippen molar-refractivity contribution in [2.45, 2.75) is 32.4 Å². The van der Waals surface area contributed by atoms with Crippen LogP contribution in [0.3, 0.4) is 0 Å². The normalized spacial score (nSPS) is 15.4. The molecule has 0 spiro atoms. The SMILES string of the molecule is CCOC(c1ccc(Cl)s1)C(N)CC. The molecule has 2 N–H and O–H groups in total. The Morgan fingerprint density at radius 1 is 1.50 bits per heavy atom. The first-order chi connectivity index (χ1) is 6.69. The Kier molecular flexibility index (Phi) is 4.89. The summed E-state index contributed by atoms with van der Waals surface area (Å²) in [5, 5.41) is 0. The fraction of sp³-hybridized carbons (Fsp3) is 0.600. The van der Waals surface area contributed by atoms with Crippen LogP contribution in [-0.4, -0.2) is 12.6 Å². The minimum absolute atomic E-state index is 0.0116. The Morgan fingerprint density at radius 2 is 2.21 bits per heavy atom. The van der Waals surface area contributed by atoms with Gasteiger partial charge in [-0.3, -0.25) is 0 Å². The smallest absolute Gasteiger partial charge is 0.107 e. The highest BCUT2D eigenvalue weighted by molar-refractivity contribution is 7.16. The van der Waals surface area contributed by atoms with Crippen LogP contribution in [-0.2, 0) is 4.74 Å². The standard InChI is InChI=1S/C10H16ClNOS/c1-3-7(12)10(13-4-2)8-5-6-9(11)14-8/h5-7,10H,3-4,12H2,1-2H3. The average molecular weight is 234 g/mol. The summed E-state index contributed by atoms with van der Waals surface area (Å²) in [6.45, 7) is 4.71. The van der Waals surface area contributed by atoms with Crippen LogP contribution in [0.4, 0.5) is 0 Å². The third-order valence-electron chi connectivity index (χ3n) is 2.08. The zero-order chi connectivity index (χ0) is 10.6. The molecule has 2 nitrogen and oxygen atoms in total. The van der Waals surface area contributed by atoms with Crippen LogP contribution < -0.4 is 5.73 Å². The Balaban J connectivity index is 2.76. The summed E-state index contributed by atoms with van der Waals surface area (Å²) >= 11 is 7.41. The van der Waals surface area contributed by atoms with Crippen molar-refractivity contribution in [1.29, 1.82) is 0 Å². The third-order valence-corrected chi connectivity index (χ3v) is 3.37. The van der Waals surface area contributed by atoms with E-state index in [1.165, 1.54) is 11.3 Å². The van der Waals surface area contributed by atoms with Gasteiger partial charge in [-0.25, -0.2) is 0 Å². The summed E-state index contributed by atoms with van der Waals surface area (Å²) in [6, 6.07) is 3.92. The van der Waals surface area contributed by atoms with Crippen molar-refractivity contribution in [2.75, 3.05) is 6.61 Å². The van der Waals surface area contributed by atoms with E-state index in [-0.39, 0.29) is 12.1 Å². The lowest BCUT2D eigenvalue weighted by molar-refractivity contribution is 0.0449. The van der Waals surface area contributed by atoms with Gasteiger partial charge < -0.3 is 10.5 Å². The fourth-order valence-electron chi connectivity index (χ4n) is 1.29. The average Bonchev–Trinajstić information content (AvgIpc) is 2.60. The molecule has 1 aromatic rings. The molecule has 0 aromatic carbocycles. The van der Waals surface area contributed by atoms with Gasteiger partial charge in [0.05, 0.1) is 4.34 Å². The van der Waals surface area contributed by atoms with Gasteiger partial charge in [-0.15, -0.1) is 11.3 Å². The van der Waals surface area contributed by atoms with Gasteiger partial charge in [0, 0.05) is 17.5 Å². The second kappa shape index (κ2) is 5.71. The molecule has 1 aromatic heterocycles. The predicted octanol–water partition coefficient (Wildman–Crippen LogP) is 3.22. The van der Waals surface area contributed by atoms with Crippen molar-refractivity contribution in [2.24, 2.45) is 5.73 Å². The molecule has 0 fully saturated rings. The third kappa shape index (κ3) is 2.95. The van der Waals surface area contributed by atoms with E-state index in [1.807, 2.05) is 19.1 Å². The molecule has 0 radical (unpaired) electrons. The lowest BCUT2D eigenvalue weighted by Crippen LogP contribution is -2.29. The van der Waals surface area contributed by atoms with Crippen LogP contribution in [0.25, 0.3) is 0 Å². The first-order valence-corrected chi connectivity index (χ1v) is 6.00. The minimum Gasteiger partial charge on any atom is -0.371 e.